The molecule has 1 fully saturated rings. The lowest BCUT2D eigenvalue weighted by Crippen LogP contribution is -2.60. The minimum atomic E-state index is -0.741. The molecule has 0 saturated carbocycles. The van der Waals surface area contributed by atoms with Gasteiger partial charge in [-0.2, -0.15) is 0 Å². The Bertz CT molecular complexity index is 909. The number of carbonyl (C=O) groups excluding carboxylic acids is 2. The van der Waals surface area contributed by atoms with Gasteiger partial charge in [0.1, 0.15) is 12.6 Å². The molecule has 178 valence electrons. The molecule has 10 nitrogen and oxygen atoms in total. The molecule has 2 amide bonds. The van der Waals surface area contributed by atoms with Crippen LogP contribution in [0.1, 0.15) is 18.1 Å². The molecule has 2 heterocycles. The van der Waals surface area contributed by atoms with Crippen LogP contribution >= 0.6 is 0 Å². The van der Waals surface area contributed by atoms with Crippen LogP contribution in [0.25, 0.3) is 0 Å². The van der Waals surface area contributed by atoms with Gasteiger partial charge in [-0.25, -0.2) is 14.8 Å². The lowest BCUT2D eigenvalue weighted by molar-refractivity contribution is -0.143. The molecule has 2 unspecified atom stereocenters. The van der Waals surface area contributed by atoms with E-state index < -0.39 is 12.1 Å². The molecule has 0 bridgehead atoms. The fourth-order valence-electron chi connectivity index (χ4n) is 3.38. The van der Waals surface area contributed by atoms with Crippen molar-refractivity contribution >= 4 is 17.9 Å². The first-order chi connectivity index (χ1) is 15.9. The summed E-state index contributed by atoms with van der Waals surface area (Å²) >= 11 is 0. The highest BCUT2D eigenvalue weighted by molar-refractivity contribution is 5.87. The number of hydrogen-bond donors (Lipinski definition) is 1. The van der Waals surface area contributed by atoms with Crippen LogP contribution in [-0.2, 0) is 27.4 Å². The third-order valence-electron chi connectivity index (χ3n) is 5.54. The second-order valence-corrected chi connectivity index (χ2v) is 8.16. The number of amides is 2. The Morgan fingerprint density at radius 3 is 2.52 bits per heavy atom. The highest BCUT2D eigenvalue weighted by Crippen LogP contribution is 2.17. The van der Waals surface area contributed by atoms with Gasteiger partial charge in [-0.1, -0.05) is 30.3 Å². The molecule has 2 aromatic rings. The molecule has 2 atom stereocenters. The van der Waals surface area contributed by atoms with E-state index in [1.165, 1.54) is 12.0 Å². The maximum atomic E-state index is 13.1. The molecule has 0 aliphatic carbocycles. The SMILES string of the molecule is COCC1C(=O)N(Cc2cnc(NC(C)N(C)C)nc2)CCN1C(=O)OCc1ccccc1. The molecule has 1 N–H and O–H groups in total. The van der Waals surface area contributed by atoms with Gasteiger partial charge in [0.25, 0.3) is 0 Å². The predicted molar refractivity (Wildman–Crippen MR) is 123 cm³/mol. The van der Waals surface area contributed by atoms with Crippen molar-refractivity contribution in [1.82, 2.24) is 24.7 Å². The number of benzene rings is 1. The molecule has 3 rings (SSSR count). The van der Waals surface area contributed by atoms with Gasteiger partial charge in [0.15, 0.2) is 0 Å². The van der Waals surface area contributed by atoms with Crippen LogP contribution < -0.4 is 5.32 Å². The second-order valence-electron chi connectivity index (χ2n) is 8.16. The number of aromatic nitrogens is 2. The highest BCUT2D eigenvalue weighted by atomic mass is 16.6. The number of nitrogens with one attached hydrogen (secondary N) is 1. The Kier molecular flexibility index (Phi) is 8.56. The molecular weight excluding hydrogens is 424 g/mol. The summed E-state index contributed by atoms with van der Waals surface area (Å²) in [6, 6.07) is 8.69. The third-order valence-corrected chi connectivity index (χ3v) is 5.54. The van der Waals surface area contributed by atoms with Crippen molar-refractivity contribution in [2.24, 2.45) is 0 Å². The summed E-state index contributed by atoms with van der Waals surface area (Å²) in [6.45, 7) is 3.35. The van der Waals surface area contributed by atoms with Crippen LogP contribution in [0.2, 0.25) is 0 Å². The quantitative estimate of drug-likeness (QED) is 0.570. The Hall–Kier alpha value is -3.24. The molecule has 1 aromatic heterocycles. The van der Waals surface area contributed by atoms with Gasteiger partial charge in [-0.15, -0.1) is 0 Å². The van der Waals surface area contributed by atoms with Gasteiger partial charge in [-0.05, 0) is 26.6 Å². The molecule has 1 saturated heterocycles. The van der Waals surface area contributed by atoms with Gasteiger partial charge in [0, 0.05) is 44.7 Å². The maximum absolute atomic E-state index is 13.1. The molecule has 10 heteroatoms. The average molecular weight is 457 g/mol. The standard InChI is InChI=1S/C23H32N6O4/c1-17(27(2)3)26-22-24-12-19(13-25-22)14-28-10-11-29(20(16-32-4)21(28)30)23(31)33-15-18-8-6-5-7-9-18/h5-9,12-13,17,20H,10-11,14-16H2,1-4H3,(H,24,25,26). The zero-order valence-corrected chi connectivity index (χ0v) is 19.6. The van der Waals surface area contributed by atoms with Crippen LogP contribution in [0.3, 0.4) is 0 Å². The van der Waals surface area contributed by atoms with E-state index in [1.807, 2.05) is 56.3 Å². The Morgan fingerprint density at radius 1 is 1.18 bits per heavy atom. The Labute approximate surface area is 194 Å². The average Bonchev–Trinajstić information content (AvgIpc) is 2.82. The van der Waals surface area contributed by atoms with Crippen molar-refractivity contribution in [3.05, 3.63) is 53.9 Å². The van der Waals surface area contributed by atoms with E-state index in [0.717, 1.165) is 11.1 Å². The minimum absolute atomic E-state index is 0.0851. The summed E-state index contributed by atoms with van der Waals surface area (Å²) in [7, 11) is 5.43. The minimum Gasteiger partial charge on any atom is -0.445 e. The van der Waals surface area contributed by atoms with Crippen LogP contribution in [0.15, 0.2) is 42.7 Å². The predicted octanol–water partition coefficient (Wildman–Crippen LogP) is 1.79. The van der Waals surface area contributed by atoms with Crippen molar-refractivity contribution < 1.29 is 19.1 Å². The van der Waals surface area contributed by atoms with Crippen molar-refractivity contribution in [2.75, 3.05) is 46.2 Å². The molecule has 0 spiro atoms. The fourth-order valence-corrected chi connectivity index (χ4v) is 3.38. The van der Waals surface area contributed by atoms with E-state index in [9.17, 15) is 9.59 Å². The summed E-state index contributed by atoms with van der Waals surface area (Å²) in [5.74, 6) is 0.331. The maximum Gasteiger partial charge on any atom is 0.410 e. The van der Waals surface area contributed by atoms with Crippen molar-refractivity contribution in [1.29, 1.82) is 0 Å². The number of carbonyl (C=O) groups is 2. The van der Waals surface area contributed by atoms with Gasteiger partial charge >= 0.3 is 6.09 Å². The summed E-state index contributed by atoms with van der Waals surface area (Å²) in [4.78, 5) is 39.7. The van der Waals surface area contributed by atoms with E-state index >= 15 is 0 Å². The van der Waals surface area contributed by atoms with Gasteiger partial charge in [-0.3, -0.25) is 14.6 Å². The molecule has 0 radical (unpaired) electrons. The van der Waals surface area contributed by atoms with E-state index in [2.05, 4.69) is 15.3 Å². The largest absolute Gasteiger partial charge is 0.445 e. The van der Waals surface area contributed by atoms with E-state index in [1.54, 1.807) is 17.3 Å². The first kappa shape index (κ1) is 24.4. The lowest BCUT2D eigenvalue weighted by atomic mass is 10.1. The first-order valence-corrected chi connectivity index (χ1v) is 10.9. The molecule has 1 aliphatic heterocycles. The van der Waals surface area contributed by atoms with Crippen LogP contribution in [0.4, 0.5) is 10.7 Å². The molecular formula is C23H32N6O4. The highest BCUT2D eigenvalue weighted by Gasteiger charge is 2.38. The van der Waals surface area contributed by atoms with Gasteiger partial charge in [0.2, 0.25) is 11.9 Å². The second kappa shape index (κ2) is 11.6. The van der Waals surface area contributed by atoms with Crippen molar-refractivity contribution in [2.45, 2.75) is 32.3 Å². The Balaban J connectivity index is 1.60. The monoisotopic (exact) mass is 456 g/mol. The van der Waals surface area contributed by atoms with Crippen LogP contribution in [0.5, 0.6) is 0 Å². The van der Waals surface area contributed by atoms with Crippen LogP contribution in [-0.4, -0.2) is 89.8 Å². The Morgan fingerprint density at radius 2 is 1.88 bits per heavy atom. The van der Waals surface area contributed by atoms with E-state index in [4.69, 9.17) is 9.47 Å². The summed E-state index contributed by atoms with van der Waals surface area (Å²) in [5, 5.41) is 3.20. The molecule has 1 aliphatic rings. The summed E-state index contributed by atoms with van der Waals surface area (Å²) < 4.78 is 10.7. The van der Waals surface area contributed by atoms with E-state index in [-0.39, 0.29) is 25.3 Å². The number of hydrogen-bond acceptors (Lipinski definition) is 8. The molecule has 1 aromatic carbocycles. The number of methoxy groups -OCH3 is 1. The number of rotatable bonds is 9. The fraction of sp³-hybridized carbons (Fsp3) is 0.478. The summed E-state index contributed by atoms with van der Waals surface area (Å²) in [6.07, 6.45) is 2.97. The first-order valence-electron chi connectivity index (χ1n) is 10.9. The van der Waals surface area contributed by atoms with Crippen molar-refractivity contribution in [3.8, 4) is 0 Å². The number of piperazine rings is 1. The van der Waals surface area contributed by atoms with Crippen molar-refractivity contribution in [3.63, 3.8) is 0 Å². The number of anilines is 1. The topological polar surface area (TPSA) is 100 Å². The molecule has 33 heavy (non-hydrogen) atoms. The zero-order chi connectivity index (χ0) is 23.8. The van der Waals surface area contributed by atoms with Gasteiger partial charge < -0.3 is 19.7 Å². The van der Waals surface area contributed by atoms with Crippen LogP contribution in [0, 0.1) is 0 Å². The van der Waals surface area contributed by atoms with E-state index in [0.29, 0.717) is 25.6 Å². The lowest BCUT2D eigenvalue weighted by Gasteiger charge is -2.39. The summed E-state index contributed by atoms with van der Waals surface area (Å²) in [5.41, 5.74) is 1.69. The zero-order valence-electron chi connectivity index (χ0n) is 19.6. The third kappa shape index (κ3) is 6.62. The van der Waals surface area contributed by atoms with Gasteiger partial charge in [0.05, 0.1) is 12.8 Å². The smallest absolute Gasteiger partial charge is 0.410 e. The number of nitrogens with zero attached hydrogens (tertiary/aromatic N) is 5. The number of ether oxygens (including phenoxy) is 2. The normalized spacial score (nSPS) is 17.2.